The summed E-state index contributed by atoms with van der Waals surface area (Å²) < 4.78 is 45.9. The van der Waals surface area contributed by atoms with Gasteiger partial charge in [0.25, 0.3) is 0 Å². The first-order valence-corrected chi connectivity index (χ1v) is 6.39. The van der Waals surface area contributed by atoms with Gasteiger partial charge in [0.1, 0.15) is 17.4 Å². The highest BCUT2D eigenvalue weighted by molar-refractivity contribution is 5.78. The highest BCUT2D eigenvalue weighted by Crippen LogP contribution is 2.30. The molecule has 1 heterocycles. The standard InChI is InChI=1S/C16H12F3NO/c1-20-15(10-5-11(17)8-12(18)6-10)14-7-9-3-2-4-13(19)16(9)21-14/h2-8,15,20H,1H3. The van der Waals surface area contributed by atoms with E-state index in [0.29, 0.717) is 16.7 Å². The summed E-state index contributed by atoms with van der Waals surface area (Å²) in [5, 5.41) is 3.52. The van der Waals surface area contributed by atoms with E-state index in [4.69, 9.17) is 4.42 Å². The van der Waals surface area contributed by atoms with E-state index in [-0.39, 0.29) is 5.58 Å². The minimum atomic E-state index is -0.674. The summed E-state index contributed by atoms with van der Waals surface area (Å²) >= 11 is 0. The van der Waals surface area contributed by atoms with E-state index in [1.165, 1.54) is 18.2 Å². The molecule has 3 rings (SSSR count). The molecule has 0 spiro atoms. The van der Waals surface area contributed by atoms with Gasteiger partial charge in [-0.15, -0.1) is 0 Å². The summed E-state index contributed by atoms with van der Waals surface area (Å²) in [6, 6.07) is 8.91. The van der Waals surface area contributed by atoms with Crippen LogP contribution in [0.1, 0.15) is 17.4 Å². The SMILES string of the molecule is CNC(c1cc(F)cc(F)c1)c1cc2cccc(F)c2o1. The zero-order valence-electron chi connectivity index (χ0n) is 11.2. The molecule has 0 bridgehead atoms. The monoisotopic (exact) mass is 291 g/mol. The van der Waals surface area contributed by atoms with Gasteiger partial charge < -0.3 is 9.73 Å². The fourth-order valence-corrected chi connectivity index (χ4v) is 2.40. The number of hydrogen-bond acceptors (Lipinski definition) is 2. The highest BCUT2D eigenvalue weighted by atomic mass is 19.1. The molecular formula is C16H12F3NO. The van der Waals surface area contributed by atoms with Crippen LogP contribution in [0.25, 0.3) is 11.0 Å². The van der Waals surface area contributed by atoms with Crippen molar-refractivity contribution in [1.82, 2.24) is 5.32 Å². The molecule has 0 radical (unpaired) electrons. The second-order valence-corrected chi connectivity index (χ2v) is 4.73. The molecule has 0 saturated heterocycles. The number of fused-ring (bicyclic) bond motifs is 1. The average molecular weight is 291 g/mol. The molecule has 3 aromatic rings. The van der Waals surface area contributed by atoms with E-state index < -0.39 is 23.5 Å². The molecule has 0 aliphatic carbocycles. The number of halogens is 3. The average Bonchev–Trinajstić information content (AvgIpc) is 2.83. The van der Waals surface area contributed by atoms with Crippen molar-refractivity contribution in [1.29, 1.82) is 0 Å². The zero-order chi connectivity index (χ0) is 15.0. The van der Waals surface area contributed by atoms with Crippen LogP contribution in [0, 0.1) is 17.5 Å². The highest BCUT2D eigenvalue weighted by Gasteiger charge is 2.19. The van der Waals surface area contributed by atoms with Crippen molar-refractivity contribution < 1.29 is 17.6 Å². The van der Waals surface area contributed by atoms with Crippen molar-refractivity contribution in [3.63, 3.8) is 0 Å². The summed E-state index contributed by atoms with van der Waals surface area (Å²) in [5.41, 5.74) is 0.499. The van der Waals surface area contributed by atoms with E-state index in [1.807, 2.05) is 0 Å². The molecule has 5 heteroatoms. The van der Waals surface area contributed by atoms with Gasteiger partial charge in [0.15, 0.2) is 11.4 Å². The van der Waals surface area contributed by atoms with E-state index >= 15 is 0 Å². The van der Waals surface area contributed by atoms with E-state index in [9.17, 15) is 13.2 Å². The molecule has 0 aliphatic heterocycles. The van der Waals surface area contributed by atoms with Crippen LogP contribution in [-0.2, 0) is 0 Å². The molecule has 0 fully saturated rings. The Hall–Kier alpha value is -2.27. The Morgan fingerprint density at radius 1 is 1.00 bits per heavy atom. The quantitative estimate of drug-likeness (QED) is 0.784. The van der Waals surface area contributed by atoms with Crippen molar-refractivity contribution in [2.75, 3.05) is 7.05 Å². The molecule has 1 atom stereocenters. The summed E-state index contributed by atoms with van der Waals surface area (Å²) in [6.45, 7) is 0. The van der Waals surface area contributed by atoms with E-state index in [0.717, 1.165) is 6.07 Å². The number of hydrogen-bond donors (Lipinski definition) is 1. The van der Waals surface area contributed by atoms with Gasteiger partial charge in [-0.25, -0.2) is 13.2 Å². The molecule has 0 saturated carbocycles. The molecule has 0 amide bonds. The minimum Gasteiger partial charge on any atom is -0.456 e. The largest absolute Gasteiger partial charge is 0.456 e. The lowest BCUT2D eigenvalue weighted by molar-refractivity contribution is 0.473. The van der Waals surface area contributed by atoms with Crippen molar-refractivity contribution in [2.24, 2.45) is 0 Å². The molecule has 1 unspecified atom stereocenters. The maximum Gasteiger partial charge on any atom is 0.169 e. The van der Waals surface area contributed by atoms with Gasteiger partial charge in [-0.2, -0.15) is 0 Å². The Kier molecular flexibility index (Phi) is 3.43. The Morgan fingerprint density at radius 3 is 2.33 bits per heavy atom. The third-order valence-corrected chi connectivity index (χ3v) is 3.31. The van der Waals surface area contributed by atoms with Gasteiger partial charge in [-0.3, -0.25) is 0 Å². The van der Waals surface area contributed by atoms with Gasteiger partial charge in [0.2, 0.25) is 0 Å². The molecule has 2 aromatic carbocycles. The first kappa shape index (κ1) is 13.7. The van der Waals surface area contributed by atoms with E-state index in [1.54, 1.807) is 25.2 Å². The summed E-state index contributed by atoms with van der Waals surface area (Å²) in [5.74, 6) is -1.43. The number of benzene rings is 2. The molecule has 1 aromatic heterocycles. The number of furan rings is 1. The third-order valence-electron chi connectivity index (χ3n) is 3.31. The first-order valence-electron chi connectivity index (χ1n) is 6.39. The predicted molar refractivity (Wildman–Crippen MR) is 73.4 cm³/mol. The number of rotatable bonds is 3. The van der Waals surface area contributed by atoms with Crippen LogP contribution in [0.4, 0.5) is 13.2 Å². The molecule has 108 valence electrons. The normalized spacial score (nSPS) is 12.8. The molecule has 21 heavy (non-hydrogen) atoms. The molecular weight excluding hydrogens is 279 g/mol. The topological polar surface area (TPSA) is 25.2 Å². The van der Waals surface area contributed by atoms with Crippen LogP contribution in [0.3, 0.4) is 0 Å². The number of para-hydroxylation sites is 1. The van der Waals surface area contributed by atoms with Crippen LogP contribution in [0.5, 0.6) is 0 Å². The van der Waals surface area contributed by atoms with Crippen LogP contribution < -0.4 is 5.32 Å². The summed E-state index contributed by atoms with van der Waals surface area (Å²) in [4.78, 5) is 0. The second kappa shape index (κ2) is 5.26. The lowest BCUT2D eigenvalue weighted by atomic mass is 10.0. The van der Waals surface area contributed by atoms with Crippen LogP contribution in [0.2, 0.25) is 0 Å². The van der Waals surface area contributed by atoms with Gasteiger partial charge in [-0.05, 0) is 36.9 Å². The van der Waals surface area contributed by atoms with Crippen molar-refractivity contribution in [3.8, 4) is 0 Å². The summed E-state index contributed by atoms with van der Waals surface area (Å²) in [6.07, 6.45) is 0. The maximum absolute atomic E-state index is 13.7. The predicted octanol–water partition coefficient (Wildman–Crippen LogP) is 4.16. The smallest absolute Gasteiger partial charge is 0.169 e. The first-order chi connectivity index (χ1) is 10.1. The number of nitrogens with one attached hydrogen (secondary N) is 1. The van der Waals surface area contributed by atoms with Gasteiger partial charge in [0, 0.05) is 11.5 Å². The fraction of sp³-hybridized carbons (Fsp3) is 0.125. The zero-order valence-corrected chi connectivity index (χ0v) is 11.2. The molecule has 0 aliphatic rings. The van der Waals surface area contributed by atoms with Crippen LogP contribution in [0.15, 0.2) is 46.9 Å². The lowest BCUT2D eigenvalue weighted by Crippen LogP contribution is -2.17. The Bertz CT molecular complexity index is 777. The lowest BCUT2D eigenvalue weighted by Gasteiger charge is -2.14. The molecule has 1 N–H and O–H groups in total. The van der Waals surface area contributed by atoms with Gasteiger partial charge >= 0.3 is 0 Å². The Labute approximate surface area is 119 Å². The van der Waals surface area contributed by atoms with Crippen molar-refractivity contribution in [3.05, 3.63) is 71.2 Å². The maximum atomic E-state index is 13.7. The second-order valence-electron chi connectivity index (χ2n) is 4.73. The Morgan fingerprint density at radius 2 is 1.71 bits per heavy atom. The van der Waals surface area contributed by atoms with Crippen LogP contribution in [-0.4, -0.2) is 7.05 Å². The summed E-state index contributed by atoms with van der Waals surface area (Å²) in [7, 11) is 1.64. The van der Waals surface area contributed by atoms with Gasteiger partial charge in [0.05, 0.1) is 6.04 Å². The Balaban J connectivity index is 2.11. The van der Waals surface area contributed by atoms with Gasteiger partial charge in [-0.1, -0.05) is 12.1 Å². The minimum absolute atomic E-state index is 0.129. The molecule has 2 nitrogen and oxygen atoms in total. The van der Waals surface area contributed by atoms with Crippen LogP contribution >= 0.6 is 0 Å². The van der Waals surface area contributed by atoms with Crippen molar-refractivity contribution in [2.45, 2.75) is 6.04 Å². The fourth-order valence-electron chi connectivity index (χ4n) is 2.40. The third kappa shape index (κ3) is 2.52. The van der Waals surface area contributed by atoms with Crippen molar-refractivity contribution >= 4 is 11.0 Å². The van der Waals surface area contributed by atoms with E-state index in [2.05, 4.69) is 5.32 Å².